The van der Waals surface area contributed by atoms with Crippen LogP contribution >= 0.6 is 0 Å². The van der Waals surface area contributed by atoms with Gasteiger partial charge >= 0.3 is 5.97 Å². The van der Waals surface area contributed by atoms with Gasteiger partial charge in [0.15, 0.2) is 0 Å². The zero-order valence-corrected chi connectivity index (χ0v) is 23.2. The maximum absolute atomic E-state index is 13.6. The van der Waals surface area contributed by atoms with Crippen molar-refractivity contribution in [2.24, 2.45) is 11.8 Å². The van der Waals surface area contributed by atoms with E-state index in [2.05, 4.69) is 10.3 Å². The van der Waals surface area contributed by atoms with Gasteiger partial charge in [-0.25, -0.2) is 9.78 Å². The van der Waals surface area contributed by atoms with Crippen LogP contribution in [0.1, 0.15) is 51.9 Å². The third-order valence-electron chi connectivity index (χ3n) is 8.74. The van der Waals surface area contributed by atoms with Crippen LogP contribution in [0.3, 0.4) is 0 Å². The number of carboxylic acids is 1. The quantitative estimate of drug-likeness (QED) is 0.458. The molecule has 0 radical (unpaired) electrons. The Bertz CT molecular complexity index is 1480. The molecule has 2 N–H and O–H groups in total. The number of nitrogens with zero attached hydrogens (tertiary/aromatic N) is 3. The molecule has 9 nitrogen and oxygen atoms in total. The Hall–Kier alpha value is -4.14. The van der Waals surface area contributed by atoms with Gasteiger partial charge in [0.25, 0.3) is 0 Å². The number of carbonyl (C=O) groups excluding carboxylic acids is 2. The second-order valence-corrected chi connectivity index (χ2v) is 11.6. The molecule has 41 heavy (non-hydrogen) atoms. The lowest BCUT2D eigenvalue weighted by atomic mass is 10.0. The summed E-state index contributed by atoms with van der Waals surface area (Å²) in [5.41, 5.74) is 1.42. The summed E-state index contributed by atoms with van der Waals surface area (Å²) >= 11 is 0. The van der Waals surface area contributed by atoms with Gasteiger partial charge < -0.3 is 20.1 Å². The van der Waals surface area contributed by atoms with Gasteiger partial charge in [0, 0.05) is 30.0 Å². The van der Waals surface area contributed by atoms with Gasteiger partial charge in [-0.05, 0) is 49.9 Å². The van der Waals surface area contributed by atoms with Crippen molar-refractivity contribution in [3.8, 4) is 11.4 Å². The third kappa shape index (κ3) is 5.33. The highest BCUT2D eigenvalue weighted by Crippen LogP contribution is 2.45. The van der Waals surface area contributed by atoms with Crippen molar-refractivity contribution >= 4 is 28.8 Å². The summed E-state index contributed by atoms with van der Waals surface area (Å²) in [6, 6.07) is 14.9. The summed E-state index contributed by atoms with van der Waals surface area (Å²) in [6.45, 7) is 2.18. The molecule has 1 aromatic heterocycles. The van der Waals surface area contributed by atoms with Crippen molar-refractivity contribution in [2.75, 3.05) is 6.54 Å². The molecule has 0 bridgehead atoms. The number of benzene rings is 2. The number of fused-ring (bicyclic) bond motifs is 3. The Morgan fingerprint density at radius 3 is 2.76 bits per heavy atom. The second kappa shape index (κ2) is 11.0. The molecular weight excluding hydrogens is 520 g/mol. The zero-order valence-electron chi connectivity index (χ0n) is 23.2. The standard InChI is InChI=1S/C32H36N4O5/c1-21-10-6-3-2-4-7-11-22-18-32(22,31(39)40)34-29(37)28-17-25(19-35(28)30(21)38)41-24-14-15-27-26(16-24)33-20-36(27)23-12-8-5-9-13-23/h5,7-9,11-16,20-22,25,28H,2-4,6,10,17-19H2,1H3,(H,34,37)(H,39,40)/b11-7-/t21-,22+,25+,28-,32+/m0/s1. The van der Waals surface area contributed by atoms with Crippen LogP contribution in [0.15, 0.2) is 67.0 Å². The number of aliphatic carboxylic acids is 1. The first-order valence-corrected chi connectivity index (χ1v) is 14.6. The Morgan fingerprint density at radius 2 is 1.95 bits per heavy atom. The number of carbonyl (C=O) groups is 3. The monoisotopic (exact) mass is 556 g/mol. The van der Waals surface area contributed by atoms with Gasteiger partial charge in [-0.15, -0.1) is 0 Å². The highest BCUT2D eigenvalue weighted by atomic mass is 16.5. The molecular formula is C32H36N4O5. The fraction of sp³-hybridized carbons (Fsp3) is 0.438. The SMILES string of the molecule is C[C@H]1CCCCC/C=C\[C@@H]2C[C@@]2(C(=O)O)NC(=O)[C@@H]2C[C@@H](Oc3ccc4c(c3)ncn4-c3ccccc3)CN2C1=O. The van der Waals surface area contributed by atoms with Gasteiger partial charge in [-0.3, -0.25) is 14.2 Å². The van der Waals surface area contributed by atoms with E-state index >= 15 is 0 Å². The van der Waals surface area contributed by atoms with Crippen LogP contribution in [-0.4, -0.2) is 61.6 Å². The number of ether oxygens (including phenoxy) is 1. The van der Waals surface area contributed by atoms with E-state index in [1.54, 1.807) is 11.2 Å². The third-order valence-corrected chi connectivity index (χ3v) is 8.74. The number of para-hydroxylation sites is 1. The van der Waals surface area contributed by atoms with Crippen LogP contribution in [0, 0.1) is 11.8 Å². The lowest BCUT2D eigenvalue weighted by Crippen LogP contribution is -2.53. The lowest BCUT2D eigenvalue weighted by molar-refractivity contribution is -0.146. The number of aromatic nitrogens is 2. The van der Waals surface area contributed by atoms with Crippen LogP contribution in [-0.2, 0) is 14.4 Å². The van der Waals surface area contributed by atoms with Gasteiger partial charge in [0.05, 0.1) is 17.6 Å². The molecule has 9 heteroatoms. The summed E-state index contributed by atoms with van der Waals surface area (Å²) in [7, 11) is 0. The van der Waals surface area contributed by atoms with Crippen molar-refractivity contribution in [2.45, 2.75) is 69.6 Å². The second-order valence-electron chi connectivity index (χ2n) is 11.6. The van der Waals surface area contributed by atoms with E-state index in [1.807, 2.05) is 72.2 Å². The van der Waals surface area contributed by atoms with Gasteiger partial charge in [0.2, 0.25) is 11.8 Å². The van der Waals surface area contributed by atoms with Crippen LogP contribution in [0.25, 0.3) is 16.7 Å². The first-order valence-electron chi connectivity index (χ1n) is 14.6. The van der Waals surface area contributed by atoms with Crippen LogP contribution in [0.5, 0.6) is 5.75 Å². The average molecular weight is 557 g/mol. The number of carboxylic acid groups (broad SMARTS) is 1. The Balaban J connectivity index is 1.23. The minimum absolute atomic E-state index is 0.0852. The van der Waals surface area contributed by atoms with E-state index in [4.69, 9.17) is 4.74 Å². The van der Waals surface area contributed by atoms with E-state index < -0.39 is 29.6 Å². The van der Waals surface area contributed by atoms with Crippen molar-refractivity contribution < 1.29 is 24.2 Å². The molecule has 3 heterocycles. The Kier molecular flexibility index (Phi) is 7.28. The molecule has 0 spiro atoms. The Labute approximate surface area is 239 Å². The van der Waals surface area contributed by atoms with Crippen molar-refractivity contribution in [3.05, 3.63) is 67.0 Å². The van der Waals surface area contributed by atoms with Crippen molar-refractivity contribution in [1.82, 2.24) is 19.8 Å². The van der Waals surface area contributed by atoms with Crippen molar-refractivity contribution in [1.29, 1.82) is 0 Å². The van der Waals surface area contributed by atoms with Gasteiger partial charge in [-0.2, -0.15) is 0 Å². The molecule has 0 unspecified atom stereocenters. The van der Waals surface area contributed by atoms with Crippen LogP contribution in [0.4, 0.5) is 0 Å². The number of allylic oxidation sites excluding steroid dienone is 1. The highest BCUT2D eigenvalue weighted by molar-refractivity contribution is 5.95. The maximum atomic E-state index is 13.6. The van der Waals surface area contributed by atoms with Gasteiger partial charge in [0.1, 0.15) is 29.8 Å². The largest absolute Gasteiger partial charge is 0.488 e. The number of rotatable bonds is 4. The van der Waals surface area contributed by atoms with E-state index in [1.165, 1.54) is 0 Å². The molecule has 1 saturated heterocycles. The topological polar surface area (TPSA) is 114 Å². The predicted octanol–water partition coefficient (Wildman–Crippen LogP) is 4.49. The summed E-state index contributed by atoms with van der Waals surface area (Å²) in [5, 5.41) is 12.8. The lowest BCUT2D eigenvalue weighted by Gasteiger charge is -2.27. The molecule has 2 aromatic carbocycles. The maximum Gasteiger partial charge on any atom is 0.330 e. The molecule has 1 aliphatic carbocycles. The minimum atomic E-state index is -1.31. The highest BCUT2D eigenvalue weighted by Gasteiger charge is 2.61. The van der Waals surface area contributed by atoms with E-state index in [0.29, 0.717) is 12.2 Å². The number of hydrogen-bond acceptors (Lipinski definition) is 5. The molecule has 2 fully saturated rings. The fourth-order valence-electron chi connectivity index (χ4n) is 6.25. The first kappa shape index (κ1) is 27.1. The van der Waals surface area contributed by atoms with Crippen LogP contribution in [0.2, 0.25) is 0 Å². The van der Waals surface area contributed by atoms with Gasteiger partial charge in [-0.1, -0.05) is 50.1 Å². The number of hydrogen-bond donors (Lipinski definition) is 2. The molecule has 6 rings (SSSR count). The molecule has 2 aliphatic heterocycles. The zero-order chi connectivity index (χ0) is 28.6. The molecule has 3 aromatic rings. The molecule has 5 atom stereocenters. The summed E-state index contributed by atoms with van der Waals surface area (Å²) in [5.74, 6) is -1.41. The van der Waals surface area contributed by atoms with Crippen molar-refractivity contribution in [3.63, 3.8) is 0 Å². The summed E-state index contributed by atoms with van der Waals surface area (Å²) in [6.07, 6.45) is 10.5. The molecule has 2 amide bonds. The minimum Gasteiger partial charge on any atom is -0.488 e. The van der Waals surface area contributed by atoms with E-state index in [9.17, 15) is 19.5 Å². The smallest absolute Gasteiger partial charge is 0.330 e. The summed E-state index contributed by atoms with van der Waals surface area (Å²) in [4.78, 5) is 45.5. The fourth-order valence-corrected chi connectivity index (χ4v) is 6.25. The van der Waals surface area contributed by atoms with Crippen LogP contribution < -0.4 is 10.1 Å². The molecule has 214 valence electrons. The molecule has 3 aliphatic rings. The average Bonchev–Trinajstić information content (AvgIpc) is 3.28. The predicted molar refractivity (Wildman–Crippen MR) is 154 cm³/mol. The van der Waals surface area contributed by atoms with E-state index in [0.717, 1.165) is 48.8 Å². The van der Waals surface area contributed by atoms with E-state index in [-0.39, 0.29) is 30.7 Å². The number of nitrogens with one attached hydrogen (secondary N) is 1. The Morgan fingerprint density at radius 1 is 1.12 bits per heavy atom. The normalized spacial score (nSPS) is 29.5. The number of imidazole rings is 1. The number of amides is 2. The molecule has 1 saturated carbocycles. The summed E-state index contributed by atoms with van der Waals surface area (Å²) < 4.78 is 8.34. The first-order chi connectivity index (χ1) is 19.9.